The van der Waals surface area contributed by atoms with Crippen LogP contribution in [-0.2, 0) is 0 Å². The molecule has 0 bridgehead atoms. The normalized spacial score (nSPS) is 18.6. The van der Waals surface area contributed by atoms with Gasteiger partial charge < -0.3 is 10.6 Å². The van der Waals surface area contributed by atoms with Gasteiger partial charge in [-0.05, 0) is 12.5 Å². The van der Waals surface area contributed by atoms with Gasteiger partial charge in [0, 0.05) is 35.7 Å². The molecule has 2 N–H and O–H groups in total. The van der Waals surface area contributed by atoms with Gasteiger partial charge in [-0.2, -0.15) is 11.8 Å². The van der Waals surface area contributed by atoms with Crippen molar-refractivity contribution in [3.63, 3.8) is 0 Å². The van der Waals surface area contributed by atoms with Crippen molar-refractivity contribution >= 4 is 40.6 Å². The molecule has 1 aromatic carbocycles. The summed E-state index contributed by atoms with van der Waals surface area (Å²) in [6, 6.07) is 2.60. The first-order chi connectivity index (χ1) is 9.93. The van der Waals surface area contributed by atoms with Gasteiger partial charge in [-0.3, -0.25) is 14.9 Å². The highest BCUT2D eigenvalue weighted by molar-refractivity contribution is 8.00. The average molecular weight is 330 g/mol. The number of nitrogens with zero attached hydrogens (tertiary/aromatic N) is 2. The van der Waals surface area contributed by atoms with Crippen molar-refractivity contribution in [3.05, 3.63) is 32.8 Å². The Bertz CT molecular complexity index is 582. The first-order valence-electron chi connectivity index (χ1n) is 6.58. The molecule has 114 valence electrons. The van der Waals surface area contributed by atoms with E-state index in [1.165, 1.54) is 12.1 Å². The molecule has 0 saturated carbocycles. The summed E-state index contributed by atoms with van der Waals surface area (Å²) >= 11 is 7.74. The highest BCUT2D eigenvalue weighted by Crippen LogP contribution is 2.32. The van der Waals surface area contributed by atoms with E-state index in [0.29, 0.717) is 18.3 Å². The Hall–Kier alpha value is -1.47. The first kappa shape index (κ1) is 15.9. The van der Waals surface area contributed by atoms with E-state index in [2.05, 4.69) is 6.92 Å². The van der Waals surface area contributed by atoms with Crippen molar-refractivity contribution in [2.75, 3.05) is 24.6 Å². The van der Waals surface area contributed by atoms with Gasteiger partial charge in [-0.25, -0.2) is 0 Å². The lowest BCUT2D eigenvalue weighted by molar-refractivity contribution is -0.383. The molecule has 6 nitrogen and oxygen atoms in total. The molecule has 1 aromatic rings. The molecular formula is C13H16ClN3O3S. The number of carbonyl (C=O) groups excluding carboxylic acids is 1. The number of nitro benzene ring substituents is 1. The van der Waals surface area contributed by atoms with Crippen molar-refractivity contribution in [2.24, 2.45) is 0 Å². The summed E-state index contributed by atoms with van der Waals surface area (Å²) < 4.78 is 0. The molecule has 0 radical (unpaired) electrons. The number of hydrogen-bond acceptors (Lipinski definition) is 5. The number of thioether (sulfide) groups is 1. The highest BCUT2D eigenvalue weighted by atomic mass is 35.5. The van der Waals surface area contributed by atoms with Crippen LogP contribution in [0.2, 0.25) is 5.02 Å². The Morgan fingerprint density at radius 1 is 1.62 bits per heavy atom. The lowest BCUT2D eigenvalue weighted by Crippen LogP contribution is -2.41. The molecule has 1 atom stereocenters. The zero-order valence-electron chi connectivity index (χ0n) is 11.5. The number of amides is 1. The fourth-order valence-corrected chi connectivity index (χ4v) is 3.61. The predicted octanol–water partition coefficient (Wildman–Crippen LogP) is 2.80. The van der Waals surface area contributed by atoms with Crippen molar-refractivity contribution in [2.45, 2.75) is 18.6 Å². The molecule has 1 heterocycles. The predicted molar refractivity (Wildman–Crippen MR) is 85.0 cm³/mol. The molecule has 1 aliphatic heterocycles. The number of carbonyl (C=O) groups is 1. The third-order valence-electron chi connectivity index (χ3n) is 3.43. The zero-order chi connectivity index (χ0) is 15.6. The van der Waals surface area contributed by atoms with E-state index in [4.69, 9.17) is 17.3 Å². The quantitative estimate of drug-likeness (QED) is 0.523. The van der Waals surface area contributed by atoms with Crippen LogP contribution in [0.25, 0.3) is 0 Å². The molecule has 21 heavy (non-hydrogen) atoms. The molecule has 1 aliphatic rings. The molecule has 0 aliphatic carbocycles. The largest absolute Gasteiger partial charge is 0.392 e. The molecule has 1 unspecified atom stereocenters. The monoisotopic (exact) mass is 329 g/mol. The number of benzene rings is 1. The van der Waals surface area contributed by atoms with Crippen molar-refractivity contribution in [3.8, 4) is 0 Å². The maximum atomic E-state index is 12.5. The summed E-state index contributed by atoms with van der Waals surface area (Å²) in [6.07, 6.45) is 0.983. The van der Waals surface area contributed by atoms with E-state index >= 15 is 0 Å². The van der Waals surface area contributed by atoms with Crippen LogP contribution >= 0.6 is 23.4 Å². The smallest absolute Gasteiger partial charge is 0.294 e. The summed E-state index contributed by atoms with van der Waals surface area (Å²) in [5.41, 5.74) is 5.34. The molecule has 2 rings (SSSR count). The number of halogens is 1. The summed E-state index contributed by atoms with van der Waals surface area (Å²) in [4.78, 5) is 24.5. The number of nitrogens with two attached hydrogens (primary N) is 1. The van der Waals surface area contributed by atoms with E-state index < -0.39 is 4.92 Å². The van der Waals surface area contributed by atoms with Crippen LogP contribution in [-0.4, -0.2) is 39.8 Å². The number of anilines is 1. The average Bonchev–Trinajstić information content (AvgIpc) is 2.48. The van der Waals surface area contributed by atoms with Gasteiger partial charge >= 0.3 is 0 Å². The van der Waals surface area contributed by atoms with Crippen LogP contribution in [0.1, 0.15) is 23.7 Å². The second-order valence-electron chi connectivity index (χ2n) is 4.80. The van der Waals surface area contributed by atoms with E-state index in [1.807, 2.05) is 11.8 Å². The number of nitro groups is 1. The van der Waals surface area contributed by atoms with Gasteiger partial charge in [-0.15, -0.1) is 0 Å². The lowest BCUT2D eigenvalue weighted by Gasteiger charge is -2.32. The van der Waals surface area contributed by atoms with Gasteiger partial charge in [0.15, 0.2) is 0 Å². The van der Waals surface area contributed by atoms with E-state index in [1.54, 1.807) is 4.90 Å². The van der Waals surface area contributed by atoms with Crippen molar-refractivity contribution in [1.82, 2.24) is 4.90 Å². The minimum Gasteiger partial charge on any atom is -0.392 e. The molecule has 1 fully saturated rings. The maximum Gasteiger partial charge on any atom is 0.294 e. The highest BCUT2D eigenvalue weighted by Gasteiger charge is 2.26. The van der Waals surface area contributed by atoms with Crippen LogP contribution < -0.4 is 5.73 Å². The summed E-state index contributed by atoms with van der Waals surface area (Å²) in [7, 11) is 0. The summed E-state index contributed by atoms with van der Waals surface area (Å²) in [5, 5.41) is 11.4. The van der Waals surface area contributed by atoms with Crippen LogP contribution in [0, 0.1) is 10.1 Å². The van der Waals surface area contributed by atoms with E-state index in [0.717, 1.165) is 12.2 Å². The van der Waals surface area contributed by atoms with Crippen LogP contribution in [0.4, 0.5) is 11.4 Å². The van der Waals surface area contributed by atoms with Crippen molar-refractivity contribution < 1.29 is 9.72 Å². The lowest BCUT2D eigenvalue weighted by atomic mass is 10.1. The van der Waals surface area contributed by atoms with Gasteiger partial charge in [0.1, 0.15) is 5.69 Å². The Balaban J connectivity index is 2.29. The second kappa shape index (κ2) is 6.53. The summed E-state index contributed by atoms with van der Waals surface area (Å²) in [6.45, 7) is 3.36. The van der Waals surface area contributed by atoms with Crippen molar-refractivity contribution in [1.29, 1.82) is 0 Å². The Kier molecular flexibility index (Phi) is 4.95. The number of nitrogen functional groups attached to an aromatic ring is 1. The summed E-state index contributed by atoms with van der Waals surface area (Å²) in [5.74, 6) is 0.633. The fourth-order valence-electron chi connectivity index (χ4n) is 2.21. The molecule has 0 spiro atoms. The molecule has 1 amide bonds. The zero-order valence-corrected chi connectivity index (χ0v) is 13.1. The van der Waals surface area contributed by atoms with Gasteiger partial charge in [0.2, 0.25) is 0 Å². The van der Waals surface area contributed by atoms with Crippen LogP contribution in [0.3, 0.4) is 0 Å². The van der Waals surface area contributed by atoms with Crippen LogP contribution in [0.15, 0.2) is 12.1 Å². The van der Waals surface area contributed by atoms with Gasteiger partial charge in [0.25, 0.3) is 11.6 Å². The third kappa shape index (κ3) is 3.41. The number of hydrogen-bond donors (Lipinski definition) is 1. The first-order valence-corrected chi connectivity index (χ1v) is 8.01. The minimum absolute atomic E-state index is 0.0333. The fraction of sp³-hybridized carbons (Fsp3) is 0.462. The van der Waals surface area contributed by atoms with Gasteiger partial charge in [0.05, 0.1) is 9.95 Å². The van der Waals surface area contributed by atoms with Gasteiger partial charge in [-0.1, -0.05) is 18.5 Å². The molecule has 1 saturated heterocycles. The standard InChI is InChI=1S/C13H16ClN3O3S/c1-2-9-7-16(3-4-21-9)13(18)8-5-10(14)12(15)11(6-8)17(19)20/h5-6,9H,2-4,7,15H2,1H3. The third-order valence-corrected chi connectivity index (χ3v) is 5.12. The SMILES string of the molecule is CCC1CN(C(=O)c2cc(Cl)c(N)c([N+](=O)[O-])c2)CCS1. The Morgan fingerprint density at radius 2 is 2.33 bits per heavy atom. The second-order valence-corrected chi connectivity index (χ2v) is 6.62. The number of rotatable bonds is 3. The van der Waals surface area contributed by atoms with E-state index in [-0.39, 0.29) is 27.9 Å². The van der Waals surface area contributed by atoms with Crippen LogP contribution in [0.5, 0.6) is 0 Å². The topological polar surface area (TPSA) is 89.5 Å². The Labute approximate surface area is 131 Å². The molecule has 8 heteroatoms. The minimum atomic E-state index is -0.626. The maximum absolute atomic E-state index is 12.5. The molecular weight excluding hydrogens is 314 g/mol. The Morgan fingerprint density at radius 3 is 2.95 bits per heavy atom. The molecule has 0 aromatic heterocycles. The van der Waals surface area contributed by atoms with E-state index in [9.17, 15) is 14.9 Å².